The zero-order valence-electron chi connectivity index (χ0n) is 11.9. The van der Waals surface area contributed by atoms with Crippen molar-refractivity contribution < 1.29 is 17.6 Å². The molecule has 0 atom stereocenters. The lowest BCUT2D eigenvalue weighted by atomic mass is 9.97. The molecule has 21 heavy (non-hydrogen) atoms. The number of halogens is 1. The minimum atomic E-state index is -3.17. The van der Waals surface area contributed by atoms with Crippen LogP contribution >= 0.6 is 0 Å². The first-order chi connectivity index (χ1) is 9.92. The van der Waals surface area contributed by atoms with E-state index in [4.69, 9.17) is 0 Å². The number of nitrogens with zero attached hydrogens (tertiary/aromatic N) is 1. The molecule has 116 valence electrons. The summed E-state index contributed by atoms with van der Waals surface area (Å²) in [5.41, 5.74) is 0.546. The fourth-order valence-corrected chi connectivity index (χ4v) is 3.49. The van der Waals surface area contributed by atoms with Gasteiger partial charge in [-0.05, 0) is 44.0 Å². The highest BCUT2D eigenvalue weighted by Gasteiger charge is 2.30. The van der Waals surface area contributed by atoms with Gasteiger partial charge in [-0.15, -0.1) is 0 Å². The molecule has 1 aliphatic heterocycles. The second-order valence-electron chi connectivity index (χ2n) is 5.07. The molecule has 5 nitrogen and oxygen atoms in total. The maximum atomic E-state index is 12.8. The summed E-state index contributed by atoms with van der Waals surface area (Å²) in [5, 5.41) is 2.73. The molecule has 0 saturated carbocycles. The summed E-state index contributed by atoms with van der Waals surface area (Å²) in [4.78, 5) is 12.1. The Hall–Kier alpha value is -1.47. The molecule has 0 unspecified atom stereocenters. The van der Waals surface area contributed by atoms with E-state index in [0.717, 1.165) is 0 Å². The summed E-state index contributed by atoms with van der Waals surface area (Å²) in [6.45, 7) is 2.36. The predicted molar refractivity (Wildman–Crippen MR) is 78.8 cm³/mol. The Balaban J connectivity index is 1.90. The van der Waals surface area contributed by atoms with Crippen LogP contribution in [0.1, 0.15) is 19.8 Å². The molecule has 1 fully saturated rings. The van der Waals surface area contributed by atoms with E-state index in [2.05, 4.69) is 5.32 Å². The van der Waals surface area contributed by atoms with Gasteiger partial charge in [0.2, 0.25) is 15.9 Å². The fraction of sp³-hybridized carbons (Fsp3) is 0.500. The molecule has 2 rings (SSSR count). The highest BCUT2D eigenvalue weighted by Crippen LogP contribution is 2.21. The van der Waals surface area contributed by atoms with Gasteiger partial charge in [0, 0.05) is 24.7 Å². The predicted octanol–water partition coefficient (Wildman–Crippen LogP) is 1.83. The molecule has 1 amide bonds. The van der Waals surface area contributed by atoms with Crippen LogP contribution in [0.2, 0.25) is 0 Å². The topological polar surface area (TPSA) is 66.5 Å². The number of rotatable bonds is 4. The zero-order valence-corrected chi connectivity index (χ0v) is 12.7. The van der Waals surface area contributed by atoms with Gasteiger partial charge in [-0.2, -0.15) is 0 Å². The van der Waals surface area contributed by atoms with Gasteiger partial charge in [0.25, 0.3) is 0 Å². The van der Waals surface area contributed by atoms with Crippen molar-refractivity contribution in [2.75, 3.05) is 24.2 Å². The molecule has 0 aliphatic carbocycles. The van der Waals surface area contributed by atoms with Crippen LogP contribution in [-0.4, -0.2) is 37.5 Å². The summed E-state index contributed by atoms with van der Waals surface area (Å²) in [6, 6.07) is 5.58. The number of carbonyl (C=O) groups excluding carboxylic acids is 1. The van der Waals surface area contributed by atoms with Crippen molar-refractivity contribution in [3.63, 3.8) is 0 Å². The van der Waals surface area contributed by atoms with Crippen LogP contribution < -0.4 is 5.32 Å². The first-order valence-corrected chi connectivity index (χ1v) is 8.57. The fourth-order valence-electron chi connectivity index (χ4n) is 2.36. The van der Waals surface area contributed by atoms with Gasteiger partial charge in [-0.3, -0.25) is 4.79 Å². The van der Waals surface area contributed by atoms with Crippen LogP contribution in [0.3, 0.4) is 0 Å². The third-order valence-corrected chi connectivity index (χ3v) is 5.58. The van der Waals surface area contributed by atoms with Gasteiger partial charge in [0.15, 0.2) is 0 Å². The number of carbonyl (C=O) groups is 1. The lowest BCUT2D eigenvalue weighted by molar-refractivity contribution is -0.120. The molecular formula is C14H19FN2O3S. The van der Waals surface area contributed by atoms with Crippen molar-refractivity contribution in [2.45, 2.75) is 19.8 Å². The molecular weight excluding hydrogens is 295 g/mol. The number of nitrogens with one attached hydrogen (secondary N) is 1. The summed E-state index contributed by atoms with van der Waals surface area (Å²) in [5.74, 6) is -0.626. The van der Waals surface area contributed by atoms with Crippen LogP contribution in [0.15, 0.2) is 24.3 Å². The van der Waals surface area contributed by atoms with Crippen LogP contribution in [0.25, 0.3) is 0 Å². The second-order valence-corrected chi connectivity index (χ2v) is 7.33. The highest BCUT2D eigenvalue weighted by atomic mass is 32.2. The lowest BCUT2D eigenvalue weighted by Crippen LogP contribution is -2.42. The number of anilines is 1. The highest BCUT2D eigenvalue weighted by molar-refractivity contribution is 7.89. The Labute approximate surface area is 124 Å². The second kappa shape index (κ2) is 6.53. The number of hydrogen-bond acceptors (Lipinski definition) is 3. The van der Waals surface area contributed by atoms with Crippen molar-refractivity contribution in [2.24, 2.45) is 5.92 Å². The lowest BCUT2D eigenvalue weighted by Gasteiger charge is -2.30. The van der Waals surface area contributed by atoms with Crippen molar-refractivity contribution in [1.82, 2.24) is 4.31 Å². The number of piperidine rings is 1. The Morgan fingerprint density at radius 1 is 1.29 bits per heavy atom. The average Bonchev–Trinajstić information content (AvgIpc) is 2.49. The minimum absolute atomic E-state index is 0.0828. The van der Waals surface area contributed by atoms with E-state index in [0.29, 0.717) is 31.6 Å². The quantitative estimate of drug-likeness (QED) is 0.922. The Kier molecular flexibility index (Phi) is 4.95. The Morgan fingerprint density at radius 2 is 1.86 bits per heavy atom. The molecule has 1 aromatic rings. The monoisotopic (exact) mass is 314 g/mol. The van der Waals surface area contributed by atoms with E-state index in [1.54, 1.807) is 6.92 Å². The molecule has 1 aliphatic rings. The molecule has 0 spiro atoms. The van der Waals surface area contributed by atoms with Crippen molar-refractivity contribution in [3.8, 4) is 0 Å². The molecule has 1 saturated heterocycles. The number of hydrogen-bond donors (Lipinski definition) is 1. The summed E-state index contributed by atoms with van der Waals surface area (Å²) in [7, 11) is -3.17. The minimum Gasteiger partial charge on any atom is -0.326 e. The van der Waals surface area contributed by atoms with Gasteiger partial charge < -0.3 is 5.32 Å². The molecule has 7 heteroatoms. The summed E-state index contributed by atoms with van der Waals surface area (Å²) in [6.07, 6.45) is 1.01. The molecule has 0 radical (unpaired) electrons. The molecule has 1 N–H and O–H groups in total. The third kappa shape index (κ3) is 4.01. The zero-order chi connectivity index (χ0) is 15.5. The molecule has 1 aromatic carbocycles. The van der Waals surface area contributed by atoms with Crippen molar-refractivity contribution in [1.29, 1.82) is 0 Å². The number of amides is 1. The van der Waals surface area contributed by atoms with E-state index in [1.807, 2.05) is 0 Å². The maximum absolute atomic E-state index is 12.8. The molecule has 0 aromatic heterocycles. The van der Waals surface area contributed by atoms with Crippen LogP contribution in [0.4, 0.5) is 10.1 Å². The van der Waals surface area contributed by atoms with Crippen LogP contribution in [-0.2, 0) is 14.8 Å². The smallest absolute Gasteiger partial charge is 0.227 e. The van der Waals surface area contributed by atoms with E-state index in [9.17, 15) is 17.6 Å². The van der Waals surface area contributed by atoms with E-state index >= 15 is 0 Å². The molecule has 0 bridgehead atoms. The summed E-state index contributed by atoms with van der Waals surface area (Å²) >= 11 is 0. The maximum Gasteiger partial charge on any atom is 0.227 e. The van der Waals surface area contributed by atoms with Crippen LogP contribution in [0.5, 0.6) is 0 Å². The van der Waals surface area contributed by atoms with Gasteiger partial charge in [-0.25, -0.2) is 17.1 Å². The normalized spacial score (nSPS) is 17.6. The summed E-state index contributed by atoms with van der Waals surface area (Å²) < 4.78 is 37.7. The first-order valence-electron chi connectivity index (χ1n) is 6.96. The van der Waals surface area contributed by atoms with Gasteiger partial charge in [0.1, 0.15) is 5.82 Å². The molecule has 1 heterocycles. The van der Waals surface area contributed by atoms with Crippen molar-refractivity contribution >= 4 is 21.6 Å². The SMILES string of the molecule is CCS(=O)(=O)N1CCC(C(=O)Nc2ccc(F)cc2)CC1. The van der Waals surface area contributed by atoms with Gasteiger partial charge in [0.05, 0.1) is 5.75 Å². The van der Waals surface area contributed by atoms with E-state index < -0.39 is 10.0 Å². The van der Waals surface area contributed by atoms with E-state index in [1.165, 1.54) is 28.6 Å². The Bertz CT molecular complexity index is 593. The standard InChI is InChI=1S/C14H19FN2O3S/c1-2-21(19,20)17-9-7-11(8-10-17)14(18)16-13-5-3-12(15)4-6-13/h3-6,11H,2,7-10H2,1H3,(H,16,18). The first kappa shape index (κ1) is 15.9. The van der Waals surface area contributed by atoms with Gasteiger partial charge in [-0.1, -0.05) is 0 Å². The van der Waals surface area contributed by atoms with E-state index in [-0.39, 0.29) is 23.4 Å². The average molecular weight is 314 g/mol. The third-order valence-electron chi connectivity index (χ3n) is 3.69. The van der Waals surface area contributed by atoms with Crippen molar-refractivity contribution in [3.05, 3.63) is 30.1 Å². The van der Waals surface area contributed by atoms with Gasteiger partial charge >= 0.3 is 0 Å². The largest absolute Gasteiger partial charge is 0.326 e. The van der Waals surface area contributed by atoms with Crippen LogP contribution in [0, 0.1) is 11.7 Å². The number of sulfonamides is 1. The number of benzene rings is 1. The Morgan fingerprint density at radius 3 is 2.38 bits per heavy atom.